The number of benzene rings is 2. The third-order valence-electron chi connectivity index (χ3n) is 2.74. The highest BCUT2D eigenvalue weighted by Crippen LogP contribution is 2.22. The summed E-state index contributed by atoms with van der Waals surface area (Å²) in [6, 6.07) is 14.6. The zero-order valence-electron chi connectivity index (χ0n) is 9.86. The number of hydrogen-bond acceptors (Lipinski definition) is 1. The van der Waals surface area contributed by atoms with Gasteiger partial charge >= 0.3 is 0 Å². The van der Waals surface area contributed by atoms with Crippen molar-refractivity contribution >= 4 is 33.3 Å². The second-order valence-electron chi connectivity index (χ2n) is 4.07. The number of ketones is 1. The quantitative estimate of drug-likeness (QED) is 0.572. The van der Waals surface area contributed by atoms with E-state index >= 15 is 0 Å². The third kappa shape index (κ3) is 3.01. The topological polar surface area (TPSA) is 17.1 Å². The van der Waals surface area contributed by atoms with Gasteiger partial charge in [-0.25, -0.2) is 0 Å². The summed E-state index contributed by atoms with van der Waals surface area (Å²) in [5, 5.41) is 0.634. The Labute approximate surface area is 120 Å². The molecule has 0 aliphatic rings. The molecule has 0 radical (unpaired) electrons. The van der Waals surface area contributed by atoms with E-state index in [4.69, 9.17) is 11.6 Å². The van der Waals surface area contributed by atoms with E-state index in [9.17, 15) is 4.79 Å². The van der Waals surface area contributed by atoms with E-state index in [-0.39, 0.29) is 10.6 Å². The Morgan fingerprint density at radius 1 is 1.00 bits per heavy atom. The molecule has 0 aromatic heterocycles. The third-order valence-corrected chi connectivity index (χ3v) is 3.52. The van der Waals surface area contributed by atoms with E-state index in [2.05, 4.69) is 22.9 Å². The van der Waals surface area contributed by atoms with Crippen LogP contribution in [0.25, 0.3) is 0 Å². The molecule has 0 N–H and O–H groups in total. The maximum atomic E-state index is 12.2. The van der Waals surface area contributed by atoms with Crippen molar-refractivity contribution in [3.05, 3.63) is 70.2 Å². The molecule has 0 bridgehead atoms. The van der Waals surface area contributed by atoms with Crippen molar-refractivity contribution in [1.82, 2.24) is 0 Å². The minimum absolute atomic E-state index is 0.0143. The molecule has 1 nitrogen and oxygen atoms in total. The molecule has 2 aromatic rings. The second-order valence-corrected chi connectivity index (χ2v) is 5.88. The van der Waals surface area contributed by atoms with Crippen LogP contribution in [0.5, 0.6) is 0 Å². The molecule has 0 aliphatic carbocycles. The summed E-state index contributed by atoms with van der Waals surface area (Å²) < 4.78 is 0. The zero-order valence-corrected chi connectivity index (χ0v) is 12.2. The molecule has 0 heterocycles. The number of carbonyl (C=O) groups is 1. The molecule has 0 saturated heterocycles. The normalized spacial score (nSPS) is 12.2. The first kappa shape index (κ1) is 13.3. The van der Waals surface area contributed by atoms with Crippen LogP contribution in [-0.4, -0.2) is 5.78 Å². The zero-order chi connectivity index (χ0) is 13.1. The van der Waals surface area contributed by atoms with Crippen LogP contribution < -0.4 is 0 Å². The summed E-state index contributed by atoms with van der Waals surface area (Å²) in [7, 11) is 0. The van der Waals surface area contributed by atoms with Crippen LogP contribution in [-0.2, 0) is 0 Å². The lowest BCUT2D eigenvalue weighted by atomic mass is 10.0. The molecule has 18 heavy (non-hydrogen) atoms. The fourth-order valence-corrected chi connectivity index (χ4v) is 2.10. The van der Waals surface area contributed by atoms with Gasteiger partial charge in [-0.05, 0) is 36.8 Å². The number of alkyl halides is 1. The molecule has 1 unspecified atom stereocenters. The van der Waals surface area contributed by atoms with Crippen molar-refractivity contribution in [3.63, 3.8) is 0 Å². The number of hydrogen-bond donors (Lipinski definition) is 0. The van der Waals surface area contributed by atoms with Gasteiger partial charge in [-0.15, -0.1) is 0 Å². The highest BCUT2D eigenvalue weighted by Gasteiger charge is 2.09. The van der Waals surface area contributed by atoms with Gasteiger partial charge in [0.1, 0.15) is 0 Å². The van der Waals surface area contributed by atoms with Gasteiger partial charge in [0.2, 0.25) is 0 Å². The fourth-order valence-electron chi connectivity index (χ4n) is 1.67. The molecule has 0 spiro atoms. The standard InChI is InChI=1S/C15H12BrClO/c1-10(16)11-2-4-12(5-3-11)15(18)13-6-8-14(17)9-7-13/h2-10H,1H3. The molecule has 1 atom stereocenters. The monoisotopic (exact) mass is 322 g/mol. The SMILES string of the molecule is CC(Br)c1ccc(C(=O)c2ccc(Cl)cc2)cc1. The van der Waals surface area contributed by atoms with Crippen molar-refractivity contribution in [2.45, 2.75) is 11.8 Å². The molecule has 2 aromatic carbocycles. The van der Waals surface area contributed by atoms with Gasteiger partial charge in [0.05, 0.1) is 0 Å². The molecule has 0 amide bonds. The lowest BCUT2D eigenvalue weighted by Crippen LogP contribution is -2.01. The Hall–Kier alpha value is -1.12. The maximum absolute atomic E-state index is 12.2. The van der Waals surface area contributed by atoms with Crippen molar-refractivity contribution in [1.29, 1.82) is 0 Å². The highest BCUT2D eigenvalue weighted by atomic mass is 79.9. The Bertz CT molecular complexity index is 544. The van der Waals surface area contributed by atoms with Gasteiger partial charge in [-0.2, -0.15) is 0 Å². The highest BCUT2D eigenvalue weighted by molar-refractivity contribution is 9.09. The summed E-state index contributed by atoms with van der Waals surface area (Å²) in [4.78, 5) is 12.5. The average Bonchev–Trinajstić information content (AvgIpc) is 2.39. The van der Waals surface area contributed by atoms with Crippen molar-refractivity contribution in [3.8, 4) is 0 Å². The van der Waals surface area contributed by atoms with E-state index in [1.807, 2.05) is 24.3 Å². The Kier molecular flexibility index (Phi) is 4.20. The molecule has 2 rings (SSSR count). The molecular weight excluding hydrogens is 312 g/mol. The van der Waals surface area contributed by atoms with Crippen LogP contribution in [0.1, 0.15) is 33.2 Å². The van der Waals surface area contributed by atoms with Gasteiger partial charge < -0.3 is 0 Å². The number of halogens is 2. The number of rotatable bonds is 3. The molecule has 3 heteroatoms. The van der Waals surface area contributed by atoms with Crippen LogP contribution in [0, 0.1) is 0 Å². The summed E-state index contributed by atoms with van der Waals surface area (Å²) in [5.41, 5.74) is 2.50. The van der Waals surface area contributed by atoms with Crippen LogP contribution in [0.2, 0.25) is 5.02 Å². The minimum atomic E-state index is 0.0143. The van der Waals surface area contributed by atoms with Crippen LogP contribution >= 0.6 is 27.5 Å². The summed E-state index contributed by atoms with van der Waals surface area (Å²) in [5.74, 6) is 0.0143. The second kappa shape index (κ2) is 5.68. The van der Waals surface area contributed by atoms with Gasteiger partial charge in [-0.1, -0.05) is 51.8 Å². The maximum Gasteiger partial charge on any atom is 0.193 e. The van der Waals surface area contributed by atoms with E-state index in [1.54, 1.807) is 24.3 Å². The van der Waals surface area contributed by atoms with Gasteiger partial charge in [-0.3, -0.25) is 4.79 Å². The predicted octanol–water partition coefficient (Wildman–Crippen LogP) is 5.03. The molecule has 92 valence electrons. The predicted molar refractivity (Wildman–Crippen MR) is 78.7 cm³/mol. The van der Waals surface area contributed by atoms with Crippen LogP contribution in [0.4, 0.5) is 0 Å². The number of carbonyl (C=O) groups excluding carboxylic acids is 1. The Balaban J connectivity index is 2.26. The van der Waals surface area contributed by atoms with E-state index in [0.717, 1.165) is 5.56 Å². The largest absolute Gasteiger partial charge is 0.289 e. The minimum Gasteiger partial charge on any atom is -0.289 e. The van der Waals surface area contributed by atoms with E-state index in [1.165, 1.54) is 0 Å². The molecule has 0 saturated carbocycles. The van der Waals surface area contributed by atoms with Gasteiger partial charge in [0.15, 0.2) is 5.78 Å². The molecular formula is C15H12BrClO. The lowest BCUT2D eigenvalue weighted by Gasteiger charge is -2.05. The average molecular weight is 324 g/mol. The lowest BCUT2D eigenvalue weighted by molar-refractivity contribution is 0.103. The van der Waals surface area contributed by atoms with Crippen LogP contribution in [0.3, 0.4) is 0 Å². The van der Waals surface area contributed by atoms with Gasteiger partial charge in [0.25, 0.3) is 0 Å². The van der Waals surface area contributed by atoms with Crippen LogP contribution in [0.15, 0.2) is 48.5 Å². The first-order valence-electron chi connectivity index (χ1n) is 5.62. The Morgan fingerprint density at radius 3 is 1.89 bits per heavy atom. The smallest absolute Gasteiger partial charge is 0.193 e. The van der Waals surface area contributed by atoms with Crippen molar-refractivity contribution in [2.75, 3.05) is 0 Å². The van der Waals surface area contributed by atoms with E-state index in [0.29, 0.717) is 16.1 Å². The van der Waals surface area contributed by atoms with Crippen molar-refractivity contribution in [2.24, 2.45) is 0 Å². The molecule has 0 aliphatic heterocycles. The van der Waals surface area contributed by atoms with E-state index < -0.39 is 0 Å². The van der Waals surface area contributed by atoms with Crippen molar-refractivity contribution < 1.29 is 4.79 Å². The summed E-state index contributed by atoms with van der Waals surface area (Å²) in [6.45, 7) is 2.05. The summed E-state index contributed by atoms with van der Waals surface area (Å²) >= 11 is 9.30. The Morgan fingerprint density at radius 2 is 1.44 bits per heavy atom. The first-order chi connectivity index (χ1) is 8.58. The molecule has 0 fully saturated rings. The summed E-state index contributed by atoms with van der Waals surface area (Å²) in [6.07, 6.45) is 0. The fraction of sp³-hybridized carbons (Fsp3) is 0.133. The van der Waals surface area contributed by atoms with Gasteiger partial charge in [0, 0.05) is 21.0 Å². The first-order valence-corrected chi connectivity index (χ1v) is 6.91.